The molecule has 2 aliphatic heterocycles. The van der Waals surface area contributed by atoms with Crippen molar-refractivity contribution in [2.45, 2.75) is 90.3 Å². The van der Waals surface area contributed by atoms with Crippen molar-refractivity contribution in [1.29, 1.82) is 0 Å². The van der Waals surface area contributed by atoms with Crippen LogP contribution in [-0.2, 0) is 9.47 Å². The van der Waals surface area contributed by atoms with E-state index in [9.17, 15) is 0 Å². The van der Waals surface area contributed by atoms with Gasteiger partial charge in [0.1, 0.15) is 48.4 Å². The zero-order valence-corrected chi connectivity index (χ0v) is 28.7. The fourth-order valence-corrected chi connectivity index (χ4v) is 5.07. The Morgan fingerprint density at radius 1 is 0.562 bits per heavy atom. The molecule has 2 unspecified atom stereocenters. The van der Waals surface area contributed by atoms with E-state index in [-0.39, 0.29) is 12.2 Å². The molecule has 0 amide bonds. The van der Waals surface area contributed by atoms with Crippen molar-refractivity contribution in [3.8, 4) is 23.0 Å². The van der Waals surface area contributed by atoms with Gasteiger partial charge in [-0.3, -0.25) is 9.98 Å². The maximum absolute atomic E-state index is 6.40. The molecule has 2 heterocycles. The summed E-state index contributed by atoms with van der Waals surface area (Å²) >= 11 is 0. The highest BCUT2D eigenvalue weighted by atomic mass is 16.6. The lowest BCUT2D eigenvalue weighted by molar-refractivity contribution is 0.263. The van der Waals surface area contributed by atoms with E-state index in [1.165, 1.54) is 38.5 Å². The van der Waals surface area contributed by atoms with Crippen LogP contribution in [0.2, 0.25) is 0 Å². The molecule has 258 valence electrons. The van der Waals surface area contributed by atoms with Gasteiger partial charge in [-0.15, -0.1) is 0 Å². The Kier molecular flexibility index (Phi) is 14.6. The van der Waals surface area contributed by atoms with Crippen LogP contribution in [0.1, 0.15) is 89.2 Å². The largest absolute Gasteiger partial charge is 0.493 e. The second-order valence-corrected chi connectivity index (χ2v) is 12.5. The summed E-state index contributed by atoms with van der Waals surface area (Å²) in [5, 5.41) is 0. The van der Waals surface area contributed by atoms with Crippen molar-refractivity contribution in [2.75, 3.05) is 39.6 Å². The molecule has 0 saturated carbocycles. The summed E-state index contributed by atoms with van der Waals surface area (Å²) in [6, 6.07) is 19.7. The van der Waals surface area contributed by atoms with Crippen molar-refractivity contribution >= 4 is 23.8 Å². The average Bonchev–Trinajstić information content (AvgIpc) is 4.05. The predicted molar refractivity (Wildman–Crippen MR) is 193 cm³/mol. The minimum absolute atomic E-state index is 0.223. The molecule has 5 rings (SSSR count). The van der Waals surface area contributed by atoms with E-state index in [0.29, 0.717) is 26.4 Å². The second-order valence-electron chi connectivity index (χ2n) is 12.5. The van der Waals surface area contributed by atoms with Crippen LogP contribution in [0.4, 0.5) is 11.4 Å². The molecule has 2 atom stereocenters. The molecule has 3 aromatic rings. The van der Waals surface area contributed by atoms with Gasteiger partial charge in [0, 0.05) is 23.6 Å². The fraction of sp³-hybridized carbons (Fsp3) is 0.500. The normalized spacial score (nSPS) is 16.8. The molecule has 8 nitrogen and oxygen atoms in total. The summed E-state index contributed by atoms with van der Waals surface area (Å²) in [6.45, 7) is 8.46. The van der Waals surface area contributed by atoms with Gasteiger partial charge >= 0.3 is 0 Å². The quantitative estimate of drug-likeness (QED) is 0.0542. The van der Waals surface area contributed by atoms with E-state index in [2.05, 4.69) is 13.8 Å². The zero-order valence-electron chi connectivity index (χ0n) is 28.7. The van der Waals surface area contributed by atoms with Crippen molar-refractivity contribution in [3.05, 3.63) is 71.8 Å². The maximum atomic E-state index is 6.40. The summed E-state index contributed by atoms with van der Waals surface area (Å²) < 4.78 is 34.9. The van der Waals surface area contributed by atoms with Crippen LogP contribution in [0.25, 0.3) is 0 Å². The third-order valence-electron chi connectivity index (χ3n) is 8.21. The number of aliphatic imine (C=N–C) groups is 2. The molecule has 0 N–H and O–H groups in total. The number of hydrogen-bond donors (Lipinski definition) is 0. The van der Waals surface area contributed by atoms with Gasteiger partial charge in [0.15, 0.2) is 0 Å². The summed E-state index contributed by atoms with van der Waals surface area (Å²) in [6.07, 6.45) is 15.9. The van der Waals surface area contributed by atoms with E-state index < -0.39 is 0 Å². The van der Waals surface area contributed by atoms with E-state index in [0.717, 1.165) is 84.4 Å². The maximum Gasteiger partial charge on any atom is 0.128 e. The first-order valence-electron chi connectivity index (χ1n) is 17.9. The SMILES string of the molecule is CCCCCCCOc1cc(C=Nc2ccc(OCC3CO3)cc2)c(OCCCCCCC)cc1C=Nc1ccc(OCC2CO2)cc1. The number of nitrogens with zero attached hydrogens (tertiary/aromatic N) is 2. The van der Waals surface area contributed by atoms with Gasteiger partial charge in [-0.2, -0.15) is 0 Å². The molecule has 3 aromatic carbocycles. The second kappa shape index (κ2) is 19.8. The number of hydrogen-bond acceptors (Lipinski definition) is 8. The average molecular weight is 657 g/mol. The van der Waals surface area contributed by atoms with Crippen molar-refractivity contribution in [2.24, 2.45) is 9.98 Å². The van der Waals surface area contributed by atoms with Crippen LogP contribution in [0.15, 0.2) is 70.6 Å². The van der Waals surface area contributed by atoms with Crippen molar-refractivity contribution in [1.82, 2.24) is 0 Å². The number of epoxide rings is 2. The first kappa shape index (κ1) is 35.4. The number of rotatable bonds is 24. The smallest absolute Gasteiger partial charge is 0.128 e. The molecule has 0 bridgehead atoms. The van der Waals surface area contributed by atoms with Crippen LogP contribution in [0.3, 0.4) is 0 Å². The summed E-state index contributed by atoms with van der Waals surface area (Å²) in [7, 11) is 0. The Morgan fingerprint density at radius 2 is 0.958 bits per heavy atom. The molecular formula is C40H52N2O6. The molecule has 0 aromatic heterocycles. The van der Waals surface area contributed by atoms with Gasteiger partial charge in [0.2, 0.25) is 0 Å². The topological polar surface area (TPSA) is 86.7 Å². The van der Waals surface area contributed by atoms with Gasteiger partial charge < -0.3 is 28.4 Å². The van der Waals surface area contributed by atoms with E-state index in [1.54, 1.807) is 0 Å². The van der Waals surface area contributed by atoms with Gasteiger partial charge in [-0.25, -0.2) is 0 Å². The third-order valence-corrected chi connectivity index (χ3v) is 8.21. The third kappa shape index (κ3) is 13.0. The Hall–Kier alpha value is -3.88. The molecule has 2 fully saturated rings. The van der Waals surface area contributed by atoms with E-state index in [4.69, 9.17) is 38.4 Å². The molecule has 0 radical (unpaired) electrons. The minimum atomic E-state index is 0.223. The Morgan fingerprint density at radius 3 is 1.33 bits per heavy atom. The van der Waals surface area contributed by atoms with E-state index in [1.807, 2.05) is 73.1 Å². The number of unbranched alkanes of at least 4 members (excludes halogenated alkanes) is 8. The van der Waals surface area contributed by atoms with Crippen molar-refractivity contribution in [3.63, 3.8) is 0 Å². The monoisotopic (exact) mass is 656 g/mol. The van der Waals surface area contributed by atoms with Gasteiger partial charge in [0.25, 0.3) is 0 Å². The lowest BCUT2D eigenvalue weighted by Crippen LogP contribution is -2.05. The number of benzene rings is 3. The molecule has 2 saturated heterocycles. The van der Waals surface area contributed by atoms with Crippen LogP contribution in [0, 0.1) is 0 Å². The molecule has 0 spiro atoms. The first-order chi connectivity index (χ1) is 23.7. The Labute approximate surface area is 286 Å². The lowest BCUT2D eigenvalue weighted by Gasteiger charge is -2.15. The standard InChI is InChI=1S/C40H52N2O6/c1-3-5-7-9-11-21-43-39-23-32(26-42-34-15-19-36(20-16-34)46-28-38-30-48-38)40(44-22-12-10-8-6-4-2)24-31(39)25-41-33-13-17-35(18-14-33)45-27-37-29-47-37/h13-20,23-26,37-38H,3-12,21-22,27-30H2,1-2H3. The summed E-state index contributed by atoms with van der Waals surface area (Å²) in [5.41, 5.74) is 3.40. The Bertz CT molecular complexity index is 1310. The highest BCUT2D eigenvalue weighted by molar-refractivity contribution is 5.92. The highest BCUT2D eigenvalue weighted by Crippen LogP contribution is 2.30. The van der Waals surface area contributed by atoms with Gasteiger partial charge in [-0.05, 0) is 73.5 Å². The van der Waals surface area contributed by atoms with Gasteiger partial charge in [-0.1, -0.05) is 65.2 Å². The summed E-state index contributed by atoms with van der Waals surface area (Å²) in [5.74, 6) is 3.15. The van der Waals surface area contributed by atoms with Crippen LogP contribution >= 0.6 is 0 Å². The lowest BCUT2D eigenvalue weighted by atomic mass is 10.1. The molecule has 0 aliphatic carbocycles. The molecule has 2 aliphatic rings. The van der Waals surface area contributed by atoms with Crippen LogP contribution in [0.5, 0.6) is 23.0 Å². The summed E-state index contributed by atoms with van der Waals surface area (Å²) in [4.78, 5) is 9.59. The highest BCUT2D eigenvalue weighted by Gasteiger charge is 2.23. The van der Waals surface area contributed by atoms with Crippen molar-refractivity contribution < 1.29 is 28.4 Å². The fourth-order valence-electron chi connectivity index (χ4n) is 5.07. The number of ether oxygens (including phenoxy) is 6. The molecular weight excluding hydrogens is 604 g/mol. The van der Waals surface area contributed by atoms with E-state index >= 15 is 0 Å². The van der Waals surface area contributed by atoms with Gasteiger partial charge in [0.05, 0.1) is 37.8 Å². The Balaban J connectivity index is 1.33. The first-order valence-corrected chi connectivity index (χ1v) is 17.9. The molecule has 48 heavy (non-hydrogen) atoms. The molecule has 8 heteroatoms. The predicted octanol–water partition coefficient (Wildman–Crippen LogP) is 9.44. The van der Waals surface area contributed by atoms with Crippen LogP contribution < -0.4 is 18.9 Å². The minimum Gasteiger partial charge on any atom is -0.493 e. The zero-order chi connectivity index (χ0) is 33.2. The van der Waals surface area contributed by atoms with Crippen LogP contribution in [-0.4, -0.2) is 64.3 Å².